The summed E-state index contributed by atoms with van der Waals surface area (Å²) in [5.41, 5.74) is 1.10. The molecule has 0 atom stereocenters. The molecule has 0 spiro atoms. The quantitative estimate of drug-likeness (QED) is 0.652. The van der Waals surface area contributed by atoms with E-state index in [1.165, 1.54) is 6.33 Å². The molecule has 0 aliphatic carbocycles. The van der Waals surface area contributed by atoms with E-state index in [2.05, 4.69) is 31.3 Å². The standard InChI is InChI=1S/C17H14BrClN4O2/c18-16-5-4-12(19)8-15(16)17(24)22-13-2-1-3-14(9-13)25-7-6-23-11-20-10-21-23/h1-5,8-11H,6-7H2,(H,22,24). The molecular weight excluding hydrogens is 408 g/mol. The van der Waals surface area contributed by atoms with Crippen LogP contribution in [0.2, 0.25) is 5.02 Å². The lowest BCUT2D eigenvalue weighted by molar-refractivity contribution is 0.102. The Bertz CT molecular complexity index is 871. The Kier molecular flexibility index (Phi) is 5.67. The minimum atomic E-state index is -0.255. The minimum Gasteiger partial charge on any atom is -0.492 e. The number of carbonyl (C=O) groups excluding carboxylic acids is 1. The van der Waals surface area contributed by atoms with Gasteiger partial charge >= 0.3 is 0 Å². The van der Waals surface area contributed by atoms with Gasteiger partial charge in [0.05, 0.1) is 12.1 Å². The number of nitrogens with one attached hydrogen (secondary N) is 1. The Hall–Kier alpha value is -2.38. The molecule has 1 heterocycles. The first-order valence-corrected chi connectivity index (χ1v) is 8.60. The summed E-state index contributed by atoms with van der Waals surface area (Å²) in [5, 5.41) is 7.34. The van der Waals surface area contributed by atoms with Crippen LogP contribution >= 0.6 is 27.5 Å². The highest BCUT2D eigenvalue weighted by Gasteiger charge is 2.11. The molecule has 0 saturated carbocycles. The maximum absolute atomic E-state index is 12.4. The summed E-state index contributed by atoms with van der Waals surface area (Å²) in [6.07, 6.45) is 3.10. The predicted octanol–water partition coefficient (Wildman–Crippen LogP) is 4.03. The van der Waals surface area contributed by atoms with Gasteiger partial charge < -0.3 is 10.1 Å². The van der Waals surface area contributed by atoms with Crippen LogP contribution in [0.5, 0.6) is 5.75 Å². The first-order valence-electron chi connectivity index (χ1n) is 7.43. The molecule has 0 saturated heterocycles. The average Bonchev–Trinajstić information content (AvgIpc) is 3.11. The fourth-order valence-corrected chi connectivity index (χ4v) is 2.74. The molecule has 8 heteroatoms. The van der Waals surface area contributed by atoms with Gasteiger partial charge in [0.2, 0.25) is 0 Å². The molecule has 0 bridgehead atoms. The number of hydrogen-bond acceptors (Lipinski definition) is 4. The zero-order chi connectivity index (χ0) is 17.6. The van der Waals surface area contributed by atoms with Crippen LogP contribution < -0.4 is 10.1 Å². The third kappa shape index (κ3) is 4.80. The van der Waals surface area contributed by atoms with Crippen LogP contribution in [0.15, 0.2) is 59.6 Å². The van der Waals surface area contributed by atoms with Crippen molar-refractivity contribution in [3.05, 3.63) is 70.2 Å². The minimum absolute atomic E-state index is 0.255. The van der Waals surface area contributed by atoms with Crippen molar-refractivity contribution < 1.29 is 9.53 Å². The molecule has 0 aliphatic heterocycles. The molecule has 25 heavy (non-hydrogen) atoms. The van der Waals surface area contributed by atoms with Gasteiger partial charge in [-0.2, -0.15) is 5.10 Å². The lowest BCUT2D eigenvalue weighted by atomic mass is 10.2. The third-order valence-corrected chi connectivity index (χ3v) is 4.25. The lowest BCUT2D eigenvalue weighted by Gasteiger charge is -2.10. The van der Waals surface area contributed by atoms with E-state index >= 15 is 0 Å². The monoisotopic (exact) mass is 420 g/mol. The number of benzene rings is 2. The van der Waals surface area contributed by atoms with E-state index in [1.54, 1.807) is 41.3 Å². The Morgan fingerprint density at radius 1 is 1.28 bits per heavy atom. The molecule has 128 valence electrons. The molecule has 1 amide bonds. The van der Waals surface area contributed by atoms with Gasteiger partial charge in [-0.25, -0.2) is 9.67 Å². The number of hydrogen-bond donors (Lipinski definition) is 1. The SMILES string of the molecule is O=C(Nc1cccc(OCCn2cncn2)c1)c1cc(Cl)ccc1Br. The van der Waals surface area contributed by atoms with Crippen LogP contribution in [0, 0.1) is 0 Å². The topological polar surface area (TPSA) is 69.0 Å². The van der Waals surface area contributed by atoms with Gasteiger partial charge in [-0.3, -0.25) is 4.79 Å². The fourth-order valence-electron chi connectivity index (χ4n) is 2.14. The van der Waals surface area contributed by atoms with E-state index in [4.69, 9.17) is 16.3 Å². The van der Waals surface area contributed by atoms with Gasteiger partial charge in [0, 0.05) is 21.2 Å². The normalized spacial score (nSPS) is 10.5. The highest BCUT2D eigenvalue weighted by atomic mass is 79.9. The number of ether oxygens (including phenoxy) is 1. The van der Waals surface area contributed by atoms with Crippen molar-refractivity contribution in [2.24, 2.45) is 0 Å². The highest BCUT2D eigenvalue weighted by Crippen LogP contribution is 2.23. The van der Waals surface area contributed by atoms with Crippen LogP contribution in [0.4, 0.5) is 5.69 Å². The van der Waals surface area contributed by atoms with Crippen molar-refractivity contribution in [1.82, 2.24) is 14.8 Å². The number of halogens is 2. The number of carbonyl (C=O) groups is 1. The Morgan fingerprint density at radius 2 is 2.16 bits per heavy atom. The highest BCUT2D eigenvalue weighted by molar-refractivity contribution is 9.10. The van der Waals surface area contributed by atoms with E-state index in [9.17, 15) is 4.79 Å². The summed E-state index contributed by atoms with van der Waals surface area (Å²) in [7, 11) is 0. The lowest BCUT2D eigenvalue weighted by Crippen LogP contribution is -2.13. The number of anilines is 1. The Labute approximate surface area is 157 Å². The molecule has 1 aromatic heterocycles. The van der Waals surface area contributed by atoms with Gasteiger partial charge in [0.1, 0.15) is 25.0 Å². The van der Waals surface area contributed by atoms with Gasteiger partial charge in [-0.05, 0) is 46.3 Å². The van der Waals surface area contributed by atoms with E-state index in [1.807, 2.05) is 12.1 Å². The third-order valence-electron chi connectivity index (χ3n) is 3.32. The van der Waals surface area contributed by atoms with Crippen molar-refractivity contribution in [2.75, 3.05) is 11.9 Å². The largest absolute Gasteiger partial charge is 0.492 e. The Balaban J connectivity index is 1.63. The first-order chi connectivity index (χ1) is 12.1. The fraction of sp³-hybridized carbons (Fsp3) is 0.118. The van der Waals surface area contributed by atoms with Gasteiger partial charge in [-0.1, -0.05) is 17.7 Å². The van der Waals surface area contributed by atoms with Crippen LogP contribution in [0.3, 0.4) is 0 Å². The van der Waals surface area contributed by atoms with Crippen LogP contribution in [-0.4, -0.2) is 27.3 Å². The maximum Gasteiger partial charge on any atom is 0.256 e. The van der Waals surface area contributed by atoms with Crippen molar-refractivity contribution >= 4 is 39.1 Å². The predicted molar refractivity (Wildman–Crippen MR) is 99.1 cm³/mol. The smallest absolute Gasteiger partial charge is 0.256 e. The molecular formula is C17H14BrClN4O2. The zero-order valence-corrected chi connectivity index (χ0v) is 15.4. The van der Waals surface area contributed by atoms with Crippen molar-refractivity contribution in [2.45, 2.75) is 6.54 Å². The molecule has 6 nitrogen and oxygen atoms in total. The van der Waals surface area contributed by atoms with Gasteiger partial charge in [0.25, 0.3) is 5.91 Å². The second-order valence-electron chi connectivity index (χ2n) is 5.11. The summed E-state index contributed by atoms with van der Waals surface area (Å²) in [6.45, 7) is 1.03. The van der Waals surface area contributed by atoms with Gasteiger partial charge in [-0.15, -0.1) is 0 Å². The van der Waals surface area contributed by atoms with Crippen molar-refractivity contribution in [3.8, 4) is 5.75 Å². The second-order valence-corrected chi connectivity index (χ2v) is 6.40. The first kappa shape index (κ1) is 17.4. The number of rotatable bonds is 6. The number of aromatic nitrogens is 3. The molecule has 0 radical (unpaired) electrons. The van der Waals surface area contributed by atoms with Crippen molar-refractivity contribution in [3.63, 3.8) is 0 Å². The van der Waals surface area contributed by atoms with Crippen LogP contribution in [0.1, 0.15) is 10.4 Å². The molecule has 0 aliphatic rings. The molecule has 0 fully saturated rings. The molecule has 3 aromatic rings. The summed E-state index contributed by atoms with van der Waals surface area (Å²) >= 11 is 9.31. The summed E-state index contributed by atoms with van der Waals surface area (Å²) in [6, 6.07) is 12.3. The van der Waals surface area contributed by atoms with Crippen LogP contribution in [-0.2, 0) is 6.54 Å². The van der Waals surface area contributed by atoms with Crippen LogP contribution in [0.25, 0.3) is 0 Å². The molecule has 0 unspecified atom stereocenters. The average molecular weight is 422 g/mol. The molecule has 1 N–H and O–H groups in total. The zero-order valence-electron chi connectivity index (χ0n) is 13.0. The van der Waals surface area contributed by atoms with E-state index in [0.29, 0.717) is 39.6 Å². The van der Waals surface area contributed by atoms with E-state index in [0.717, 1.165) is 0 Å². The Morgan fingerprint density at radius 3 is 2.96 bits per heavy atom. The number of amides is 1. The van der Waals surface area contributed by atoms with E-state index < -0.39 is 0 Å². The summed E-state index contributed by atoms with van der Waals surface area (Å²) in [5.74, 6) is 0.400. The van der Waals surface area contributed by atoms with Gasteiger partial charge in [0.15, 0.2) is 0 Å². The van der Waals surface area contributed by atoms with E-state index in [-0.39, 0.29) is 5.91 Å². The molecule has 3 rings (SSSR count). The second kappa shape index (κ2) is 8.13. The van der Waals surface area contributed by atoms with Crippen molar-refractivity contribution in [1.29, 1.82) is 0 Å². The molecule has 2 aromatic carbocycles. The summed E-state index contributed by atoms with van der Waals surface area (Å²) in [4.78, 5) is 16.3. The maximum atomic E-state index is 12.4. The number of nitrogens with zero attached hydrogens (tertiary/aromatic N) is 3. The summed E-state index contributed by atoms with van der Waals surface area (Å²) < 4.78 is 8.04.